The molecule has 1 unspecified atom stereocenters. The average molecular weight is 290 g/mol. The highest BCUT2D eigenvalue weighted by atomic mass is 19.3. The predicted molar refractivity (Wildman–Crippen MR) is 64.0 cm³/mol. The van der Waals surface area contributed by atoms with Crippen LogP contribution in [0.5, 0.6) is 5.75 Å². The largest absolute Gasteiger partial charge is 0.496 e. The van der Waals surface area contributed by atoms with Crippen molar-refractivity contribution in [1.82, 2.24) is 5.32 Å². The van der Waals surface area contributed by atoms with Crippen LogP contribution in [0.2, 0.25) is 0 Å². The Balaban J connectivity index is 2.85. The smallest absolute Gasteiger partial charge is 0.273 e. The van der Waals surface area contributed by atoms with Crippen LogP contribution in [0.1, 0.15) is 10.4 Å². The molecule has 0 bridgehead atoms. The molecule has 0 fully saturated rings. The summed E-state index contributed by atoms with van der Waals surface area (Å²) in [6, 6.07) is 3.26. The van der Waals surface area contributed by atoms with Crippen LogP contribution < -0.4 is 10.1 Å². The Morgan fingerprint density at radius 3 is 2.70 bits per heavy atom. The minimum absolute atomic E-state index is 0.0560. The number of hydrogen-bond acceptors (Lipinski definition) is 5. The van der Waals surface area contributed by atoms with E-state index in [1.54, 1.807) is 0 Å². The first-order valence-electron chi connectivity index (χ1n) is 5.43. The predicted octanol–water partition coefficient (Wildman–Crippen LogP) is 0.959. The van der Waals surface area contributed by atoms with Crippen molar-refractivity contribution in [3.63, 3.8) is 0 Å². The molecule has 0 aromatic heterocycles. The number of methoxy groups -OCH3 is 1. The van der Waals surface area contributed by atoms with Crippen molar-refractivity contribution in [2.45, 2.75) is 12.5 Å². The molecule has 0 aliphatic heterocycles. The normalized spacial score (nSPS) is 12.1. The molecule has 0 spiro atoms. The number of nitrogens with one attached hydrogen (secondary N) is 1. The fraction of sp³-hybridized carbons (Fsp3) is 0.364. The maximum Gasteiger partial charge on any atom is 0.273 e. The summed E-state index contributed by atoms with van der Waals surface area (Å²) in [5, 5.41) is 21.5. The molecule has 0 saturated heterocycles. The van der Waals surface area contributed by atoms with Crippen molar-refractivity contribution in [2.75, 3.05) is 13.7 Å². The summed E-state index contributed by atoms with van der Waals surface area (Å²) >= 11 is 0. The Kier molecular flexibility index (Phi) is 5.32. The van der Waals surface area contributed by atoms with E-state index in [4.69, 9.17) is 9.84 Å². The second-order valence-corrected chi connectivity index (χ2v) is 3.75. The van der Waals surface area contributed by atoms with E-state index in [2.05, 4.69) is 5.32 Å². The molecule has 20 heavy (non-hydrogen) atoms. The van der Waals surface area contributed by atoms with Gasteiger partial charge in [0.1, 0.15) is 11.9 Å². The molecule has 0 radical (unpaired) electrons. The summed E-state index contributed by atoms with van der Waals surface area (Å²) in [7, 11) is 1.21. The Labute approximate surface area is 112 Å². The van der Waals surface area contributed by atoms with E-state index in [9.17, 15) is 23.7 Å². The summed E-state index contributed by atoms with van der Waals surface area (Å²) in [5.74, 6) is -0.848. The third-order valence-electron chi connectivity index (χ3n) is 2.40. The highest BCUT2D eigenvalue weighted by molar-refractivity contribution is 5.97. The number of nitrogens with zero attached hydrogens (tertiary/aromatic N) is 1. The van der Waals surface area contributed by atoms with Gasteiger partial charge >= 0.3 is 0 Å². The van der Waals surface area contributed by atoms with Gasteiger partial charge in [-0.2, -0.15) is 0 Å². The van der Waals surface area contributed by atoms with Crippen LogP contribution in [-0.2, 0) is 0 Å². The van der Waals surface area contributed by atoms with Gasteiger partial charge in [0.05, 0.1) is 23.7 Å². The van der Waals surface area contributed by atoms with Crippen LogP contribution in [0.15, 0.2) is 18.2 Å². The molecule has 0 heterocycles. The van der Waals surface area contributed by atoms with Gasteiger partial charge in [0.2, 0.25) is 0 Å². The standard InChI is InChI=1S/C11H12F2N2O5/c1-20-9-4-6(15(18)19)2-3-7(9)11(17)14-5-8(16)10(12)13/h2-4,8,10,16H,5H2,1H3,(H,14,17). The minimum Gasteiger partial charge on any atom is -0.496 e. The lowest BCUT2D eigenvalue weighted by Gasteiger charge is -2.12. The fourth-order valence-electron chi connectivity index (χ4n) is 1.36. The molecule has 0 aliphatic carbocycles. The van der Waals surface area contributed by atoms with Crippen LogP contribution >= 0.6 is 0 Å². The Hall–Kier alpha value is -2.29. The first-order valence-corrected chi connectivity index (χ1v) is 5.43. The van der Waals surface area contributed by atoms with Gasteiger partial charge in [0.25, 0.3) is 18.0 Å². The van der Waals surface area contributed by atoms with E-state index >= 15 is 0 Å². The molecule has 1 aromatic carbocycles. The van der Waals surface area contributed by atoms with Crippen LogP contribution in [0.25, 0.3) is 0 Å². The lowest BCUT2D eigenvalue weighted by atomic mass is 10.1. The number of nitro benzene ring substituents is 1. The molecular weight excluding hydrogens is 278 g/mol. The van der Waals surface area contributed by atoms with E-state index in [1.165, 1.54) is 7.11 Å². The van der Waals surface area contributed by atoms with Gasteiger partial charge in [-0.3, -0.25) is 14.9 Å². The molecule has 1 aromatic rings. The molecule has 1 amide bonds. The lowest BCUT2D eigenvalue weighted by molar-refractivity contribution is -0.384. The molecule has 1 atom stereocenters. The zero-order valence-corrected chi connectivity index (χ0v) is 10.4. The summed E-state index contributed by atoms with van der Waals surface area (Å²) in [5.41, 5.74) is -0.328. The number of aliphatic hydroxyl groups excluding tert-OH is 1. The number of ether oxygens (including phenoxy) is 1. The fourth-order valence-corrected chi connectivity index (χ4v) is 1.36. The van der Waals surface area contributed by atoms with Crippen LogP contribution in [-0.4, -0.2) is 42.1 Å². The molecule has 9 heteroatoms. The van der Waals surface area contributed by atoms with Gasteiger partial charge in [-0.15, -0.1) is 0 Å². The van der Waals surface area contributed by atoms with Crippen molar-refractivity contribution >= 4 is 11.6 Å². The number of carbonyl (C=O) groups is 1. The number of rotatable bonds is 6. The molecule has 110 valence electrons. The van der Waals surface area contributed by atoms with Gasteiger partial charge in [-0.25, -0.2) is 8.78 Å². The van der Waals surface area contributed by atoms with Crippen molar-refractivity contribution in [2.24, 2.45) is 0 Å². The summed E-state index contributed by atoms with van der Waals surface area (Å²) < 4.78 is 29.0. The molecular formula is C11H12F2N2O5. The second kappa shape index (κ2) is 6.75. The van der Waals surface area contributed by atoms with Crippen LogP contribution in [0.4, 0.5) is 14.5 Å². The number of amides is 1. The van der Waals surface area contributed by atoms with Crippen LogP contribution in [0, 0.1) is 10.1 Å². The summed E-state index contributed by atoms with van der Waals surface area (Å²) in [6.45, 7) is -0.642. The van der Waals surface area contributed by atoms with Crippen molar-refractivity contribution in [3.05, 3.63) is 33.9 Å². The van der Waals surface area contributed by atoms with Crippen molar-refractivity contribution in [3.8, 4) is 5.75 Å². The van der Waals surface area contributed by atoms with E-state index in [0.717, 1.165) is 18.2 Å². The number of aliphatic hydroxyl groups is 1. The number of carbonyl (C=O) groups excluding carboxylic acids is 1. The number of hydrogen-bond donors (Lipinski definition) is 2. The lowest BCUT2D eigenvalue weighted by Crippen LogP contribution is -2.35. The Morgan fingerprint density at radius 2 is 2.20 bits per heavy atom. The van der Waals surface area contributed by atoms with E-state index in [0.29, 0.717) is 0 Å². The zero-order chi connectivity index (χ0) is 15.3. The van der Waals surface area contributed by atoms with E-state index in [1.807, 2.05) is 0 Å². The van der Waals surface area contributed by atoms with Crippen molar-refractivity contribution < 1.29 is 28.3 Å². The van der Waals surface area contributed by atoms with Crippen LogP contribution in [0.3, 0.4) is 0 Å². The Bertz CT molecular complexity index is 510. The van der Waals surface area contributed by atoms with Gasteiger partial charge in [-0.05, 0) is 6.07 Å². The number of halogens is 2. The maximum atomic E-state index is 12.1. The minimum atomic E-state index is -2.98. The van der Waals surface area contributed by atoms with Gasteiger partial charge < -0.3 is 15.2 Å². The summed E-state index contributed by atoms with van der Waals surface area (Å²) in [6.07, 6.45) is -4.96. The molecule has 2 N–H and O–H groups in total. The third kappa shape index (κ3) is 3.85. The monoisotopic (exact) mass is 290 g/mol. The molecule has 0 saturated carbocycles. The first-order chi connectivity index (χ1) is 9.36. The van der Waals surface area contributed by atoms with E-state index < -0.39 is 29.9 Å². The maximum absolute atomic E-state index is 12.1. The molecule has 1 rings (SSSR count). The SMILES string of the molecule is COc1cc([N+](=O)[O-])ccc1C(=O)NCC(O)C(F)F. The number of non-ortho nitro benzene ring substituents is 1. The first kappa shape index (κ1) is 15.8. The molecule has 7 nitrogen and oxygen atoms in total. The highest BCUT2D eigenvalue weighted by Crippen LogP contribution is 2.24. The second-order valence-electron chi connectivity index (χ2n) is 3.75. The topological polar surface area (TPSA) is 102 Å². The third-order valence-corrected chi connectivity index (χ3v) is 2.40. The highest BCUT2D eigenvalue weighted by Gasteiger charge is 2.20. The average Bonchev–Trinajstić information content (AvgIpc) is 2.43. The van der Waals surface area contributed by atoms with E-state index in [-0.39, 0.29) is 17.0 Å². The Morgan fingerprint density at radius 1 is 1.55 bits per heavy atom. The van der Waals surface area contributed by atoms with Crippen molar-refractivity contribution in [1.29, 1.82) is 0 Å². The van der Waals surface area contributed by atoms with Gasteiger partial charge in [0, 0.05) is 12.6 Å². The number of benzene rings is 1. The number of alkyl halides is 2. The van der Waals surface area contributed by atoms with Gasteiger partial charge in [-0.1, -0.05) is 0 Å². The molecule has 0 aliphatic rings. The van der Waals surface area contributed by atoms with Gasteiger partial charge in [0.15, 0.2) is 0 Å². The number of nitro groups is 1. The quantitative estimate of drug-likeness (QED) is 0.600. The summed E-state index contributed by atoms with van der Waals surface area (Å²) in [4.78, 5) is 21.6. The zero-order valence-electron chi connectivity index (χ0n) is 10.4.